The van der Waals surface area contributed by atoms with Gasteiger partial charge in [0.1, 0.15) is 0 Å². The molecule has 3 aromatic rings. The Morgan fingerprint density at radius 2 is 1.31 bits per heavy atom. The highest BCUT2D eigenvalue weighted by Gasteiger charge is 2.13. The van der Waals surface area contributed by atoms with Crippen LogP contribution in [0.5, 0.6) is 0 Å². The molecule has 0 bridgehead atoms. The Kier molecular flexibility index (Phi) is 6.06. The summed E-state index contributed by atoms with van der Waals surface area (Å²) in [4.78, 5) is 32.6. The van der Waals surface area contributed by atoms with Crippen LogP contribution >= 0.6 is 0 Å². The zero-order valence-corrected chi connectivity index (χ0v) is 14.0. The molecule has 3 rings (SSSR count). The van der Waals surface area contributed by atoms with Crippen molar-refractivity contribution in [2.24, 2.45) is 0 Å². The average Bonchev–Trinajstić information content (AvgIpc) is 2.63. The van der Waals surface area contributed by atoms with E-state index in [9.17, 15) is 14.4 Å². The van der Waals surface area contributed by atoms with Gasteiger partial charge in [0.2, 0.25) is 0 Å². The first kappa shape index (κ1) is 18.7. The summed E-state index contributed by atoms with van der Waals surface area (Å²) in [6.07, 6.45) is 1.76. The van der Waals surface area contributed by atoms with Gasteiger partial charge in [-0.1, -0.05) is 30.3 Å². The maximum Gasteiger partial charge on any atom is 0.335 e. The molecule has 1 aromatic heterocycles. The molecule has 26 heavy (non-hydrogen) atoms. The van der Waals surface area contributed by atoms with Crippen molar-refractivity contribution in [1.82, 2.24) is 4.57 Å². The van der Waals surface area contributed by atoms with Crippen molar-refractivity contribution in [1.29, 1.82) is 0 Å². The molecular formula is C20H17NO5. The number of carboxylic acid groups (broad SMARTS) is 2. The number of aromatic carboxylic acids is 2. The second kappa shape index (κ2) is 8.43. The molecule has 132 valence electrons. The molecule has 2 aromatic carbocycles. The maximum atomic E-state index is 11.4. The molecule has 0 aliphatic heterocycles. The maximum absolute atomic E-state index is 11.4. The normalized spacial score (nSPS) is 9.73. The number of hydrogen-bond donors (Lipinski definition) is 2. The number of carbonyl (C=O) groups is 2. The van der Waals surface area contributed by atoms with Gasteiger partial charge in [-0.15, -0.1) is 0 Å². The number of hydrogen-bond acceptors (Lipinski definition) is 3. The minimum atomic E-state index is -1.11. The molecule has 6 nitrogen and oxygen atoms in total. The molecule has 0 spiro atoms. The van der Waals surface area contributed by atoms with E-state index >= 15 is 0 Å². The minimum absolute atomic E-state index is 0.00583. The topological polar surface area (TPSA) is 96.6 Å². The Morgan fingerprint density at radius 3 is 1.81 bits per heavy atom. The Balaban J connectivity index is 0.000000187. The minimum Gasteiger partial charge on any atom is -0.478 e. The van der Waals surface area contributed by atoms with Crippen molar-refractivity contribution in [2.75, 3.05) is 0 Å². The van der Waals surface area contributed by atoms with Gasteiger partial charge >= 0.3 is 11.9 Å². The fraction of sp³-hybridized carbons (Fsp3) is 0.0500. The molecule has 0 aliphatic rings. The molecule has 0 fully saturated rings. The quantitative estimate of drug-likeness (QED) is 0.755. The summed E-state index contributed by atoms with van der Waals surface area (Å²) in [6, 6.07) is 18.9. The first-order chi connectivity index (χ1) is 12.4. The molecule has 1 heterocycles. The average molecular weight is 351 g/mol. The van der Waals surface area contributed by atoms with E-state index in [1.54, 1.807) is 22.9 Å². The summed E-state index contributed by atoms with van der Waals surface area (Å²) in [5.74, 6) is -2.22. The molecule has 0 saturated carbocycles. The summed E-state index contributed by atoms with van der Waals surface area (Å²) in [5.41, 5.74) is 1.23. The number of benzene rings is 2. The lowest BCUT2D eigenvalue weighted by Crippen LogP contribution is -2.15. The first-order valence-corrected chi connectivity index (χ1v) is 7.71. The van der Waals surface area contributed by atoms with E-state index in [4.69, 9.17) is 10.2 Å². The van der Waals surface area contributed by atoms with Gasteiger partial charge in [-0.2, -0.15) is 0 Å². The molecule has 0 amide bonds. The summed E-state index contributed by atoms with van der Waals surface area (Å²) < 4.78 is 1.61. The van der Waals surface area contributed by atoms with E-state index < -0.39 is 11.9 Å². The van der Waals surface area contributed by atoms with Crippen LogP contribution in [0.4, 0.5) is 0 Å². The van der Waals surface area contributed by atoms with Crippen molar-refractivity contribution < 1.29 is 19.8 Å². The van der Waals surface area contributed by atoms with Crippen molar-refractivity contribution >= 4 is 11.9 Å². The molecular weight excluding hydrogens is 334 g/mol. The number of pyridine rings is 1. The first-order valence-electron chi connectivity index (χ1n) is 7.71. The Bertz CT molecular complexity index is 944. The van der Waals surface area contributed by atoms with E-state index in [1.165, 1.54) is 25.1 Å². The molecule has 0 saturated heterocycles. The lowest BCUT2D eigenvalue weighted by molar-refractivity contribution is 0.0696. The van der Waals surface area contributed by atoms with E-state index in [0.717, 1.165) is 5.69 Å². The van der Waals surface area contributed by atoms with Gasteiger partial charge in [0.05, 0.1) is 11.1 Å². The van der Waals surface area contributed by atoms with Crippen LogP contribution in [0.25, 0.3) is 5.69 Å². The van der Waals surface area contributed by atoms with Gasteiger partial charge in [0.15, 0.2) is 0 Å². The lowest BCUT2D eigenvalue weighted by atomic mass is 10.0. The number of carboxylic acids is 2. The van der Waals surface area contributed by atoms with E-state index in [-0.39, 0.29) is 22.2 Å². The lowest BCUT2D eigenvalue weighted by Gasteiger charge is -2.03. The summed E-state index contributed by atoms with van der Waals surface area (Å²) in [7, 11) is 0. The van der Waals surface area contributed by atoms with Crippen molar-refractivity contribution in [3.8, 4) is 5.69 Å². The predicted molar refractivity (Wildman–Crippen MR) is 97.1 cm³/mol. The summed E-state index contributed by atoms with van der Waals surface area (Å²) in [5, 5.41) is 17.4. The van der Waals surface area contributed by atoms with E-state index in [0.29, 0.717) is 0 Å². The summed E-state index contributed by atoms with van der Waals surface area (Å²) >= 11 is 0. The van der Waals surface area contributed by atoms with Gasteiger partial charge in [-0.05, 0) is 42.8 Å². The number of para-hydroxylation sites is 1. The van der Waals surface area contributed by atoms with Gasteiger partial charge in [-0.3, -0.25) is 9.36 Å². The van der Waals surface area contributed by atoms with Gasteiger partial charge in [-0.25, -0.2) is 9.59 Å². The second-order valence-corrected chi connectivity index (χ2v) is 5.33. The third-order valence-corrected chi connectivity index (χ3v) is 3.65. The molecule has 0 aliphatic carbocycles. The predicted octanol–water partition coefficient (Wildman–Crippen LogP) is 3.23. The monoisotopic (exact) mass is 351 g/mol. The van der Waals surface area contributed by atoms with Gasteiger partial charge in [0, 0.05) is 18.0 Å². The smallest absolute Gasteiger partial charge is 0.335 e. The fourth-order valence-corrected chi connectivity index (χ4v) is 2.33. The number of nitrogens with zero attached hydrogens (tertiary/aromatic N) is 1. The highest BCUT2D eigenvalue weighted by atomic mass is 16.4. The van der Waals surface area contributed by atoms with Crippen LogP contribution in [0.2, 0.25) is 0 Å². The fourth-order valence-electron chi connectivity index (χ4n) is 2.33. The van der Waals surface area contributed by atoms with Crippen molar-refractivity contribution in [2.45, 2.75) is 6.92 Å². The van der Waals surface area contributed by atoms with E-state index in [2.05, 4.69) is 0 Å². The Hall–Kier alpha value is -3.67. The van der Waals surface area contributed by atoms with Gasteiger partial charge < -0.3 is 10.2 Å². The second-order valence-electron chi connectivity index (χ2n) is 5.33. The van der Waals surface area contributed by atoms with Crippen LogP contribution < -0.4 is 5.56 Å². The SMILES string of the molecule is Cc1c(C(=O)O)cccc1C(=O)O.O=c1ccccn1-c1ccccc1. The largest absolute Gasteiger partial charge is 0.478 e. The third-order valence-electron chi connectivity index (χ3n) is 3.65. The third kappa shape index (κ3) is 4.45. The van der Waals surface area contributed by atoms with Crippen LogP contribution in [0.15, 0.2) is 77.7 Å². The number of rotatable bonds is 3. The zero-order chi connectivity index (χ0) is 19.1. The molecule has 6 heteroatoms. The molecule has 0 unspecified atom stereocenters. The van der Waals surface area contributed by atoms with Crippen LogP contribution in [0.1, 0.15) is 26.3 Å². The van der Waals surface area contributed by atoms with Crippen molar-refractivity contribution in [3.63, 3.8) is 0 Å². The Labute approximate surface area is 149 Å². The highest BCUT2D eigenvalue weighted by Crippen LogP contribution is 2.13. The number of aromatic nitrogens is 1. The summed E-state index contributed by atoms with van der Waals surface area (Å²) in [6.45, 7) is 1.48. The molecule has 2 N–H and O–H groups in total. The highest BCUT2D eigenvalue weighted by molar-refractivity contribution is 5.96. The van der Waals surface area contributed by atoms with E-state index in [1.807, 2.05) is 36.4 Å². The zero-order valence-electron chi connectivity index (χ0n) is 14.0. The van der Waals surface area contributed by atoms with Crippen LogP contribution in [0.3, 0.4) is 0 Å². The standard InChI is InChI=1S/C11H9NO.C9H8O4/c13-11-8-4-5-9-12(11)10-6-2-1-3-7-10;1-5-6(8(10)11)3-2-4-7(5)9(12)13/h1-9H;2-4H,1H3,(H,10,11)(H,12,13). The van der Waals surface area contributed by atoms with Crippen LogP contribution in [-0.4, -0.2) is 26.7 Å². The van der Waals surface area contributed by atoms with Crippen LogP contribution in [-0.2, 0) is 0 Å². The van der Waals surface area contributed by atoms with Crippen LogP contribution in [0, 0.1) is 6.92 Å². The molecule has 0 atom stereocenters. The van der Waals surface area contributed by atoms with Crippen molar-refractivity contribution in [3.05, 3.63) is 100.0 Å². The Morgan fingerprint density at radius 1 is 0.769 bits per heavy atom. The van der Waals surface area contributed by atoms with Gasteiger partial charge in [0.25, 0.3) is 5.56 Å². The molecule has 0 radical (unpaired) electrons.